The second kappa shape index (κ2) is 7.26. The van der Waals surface area contributed by atoms with Gasteiger partial charge in [0.25, 0.3) is 0 Å². The summed E-state index contributed by atoms with van der Waals surface area (Å²) in [5.74, 6) is 0.734. The van der Waals surface area contributed by atoms with Gasteiger partial charge >= 0.3 is 0 Å². The Labute approximate surface area is 133 Å². The minimum absolute atomic E-state index is 0.212. The summed E-state index contributed by atoms with van der Waals surface area (Å²) in [5, 5.41) is 8.36. The van der Waals surface area contributed by atoms with E-state index >= 15 is 0 Å². The standard InChI is InChI=1S/C18H29NOS/c1-2-10-19-17(16-7-12-21-14-16)15-6-11-20-18(13-15)8-4-3-5-9-18/h7,12,14-15,17,19H,2-6,8-11,13H2,1H3. The molecule has 0 radical (unpaired) electrons. The van der Waals surface area contributed by atoms with E-state index in [9.17, 15) is 0 Å². The van der Waals surface area contributed by atoms with E-state index in [2.05, 4.69) is 29.1 Å². The van der Waals surface area contributed by atoms with Crippen LogP contribution in [0.1, 0.15) is 69.9 Å². The first-order valence-corrected chi connectivity index (χ1v) is 9.67. The van der Waals surface area contributed by atoms with Crippen LogP contribution in [0.5, 0.6) is 0 Å². The second-order valence-electron chi connectivity index (χ2n) is 6.83. The summed E-state index contributed by atoms with van der Waals surface area (Å²) in [6, 6.07) is 2.83. The highest BCUT2D eigenvalue weighted by Gasteiger charge is 2.41. The van der Waals surface area contributed by atoms with E-state index in [0.29, 0.717) is 6.04 Å². The third-order valence-electron chi connectivity index (χ3n) is 5.28. The largest absolute Gasteiger partial charge is 0.375 e. The fraction of sp³-hybridized carbons (Fsp3) is 0.778. The molecule has 1 saturated carbocycles. The van der Waals surface area contributed by atoms with Crippen molar-refractivity contribution in [1.29, 1.82) is 0 Å². The summed E-state index contributed by atoms with van der Waals surface area (Å²) in [4.78, 5) is 0. The van der Waals surface area contributed by atoms with E-state index in [1.165, 1.54) is 56.9 Å². The SMILES string of the molecule is CCCNC(c1ccsc1)C1CCOC2(CCCCC2)C1. The molecule has 1 spiro atoms. The fourth-order valence-electron chi connectivity index (χ4n) is 4.20. The molecule has 2 atom stereocenters. The molecule has 2 unspecified atom stereocenters. The monoisotopic (exact) mass is 307 g/mol. The van der Waals surface area contributed by atoms with Gasteiger partial charge in [-0.3, -0.25) is 0 Å². The molecule has 21 heavy (non-hydrogen) atoms. The van der Waals surface area contributed by atoms with Crippen LogP contribution in [0.25, 0.3) is 0 Å². The van der Waals surface area contributed by atoms with E-state index in [1.807, 2.05) is 11.3 Å². The third-order valence-corrected chi connectivity index (χ3v) is 5.99. The van der Waals surface area contributed by atoms with Gasteiger partial charge in [0.15, 0.2) is 0 Å². The van der Waals surface area contributed by atoms with Crippen LogP contribution < -0.4 is 5.32 Å². The van der Waals surface area contributed by atoms with Crippen LogP contribution in [-0.2, 0) is 4.74 Å². The Morgan fingerprint density at radius 3 is 2.95 bits per heavy atom. The van der Waals surface area contributed by atoms with Gasteiger partial charge in [0.1, 0.15) is 0 Å². The van der Waals surface area contributed by atoms with Gasteiger partial charge in [-0.25, -0.2) is 0 Å². The molecule has 0 aromatic carbocycles. The van der Waals surface area contributed by atoms with Crippen LogP contribution in [0.2, 0.25) is 0 Å². The van der Waals surface area contributed by atoms with Crippen LogP contribution in [0.3, 0.4) is 0 Å². The van der Waals surface area contributed by atoms with E-state index in [0.717, 1.165) is 19.1 Å². The molecule has 1 aliphatic carbocycles. The maximum absolute atomic E-state index is 6.28. The highest BCUT2D eigenvalue weighted by atomic mass is 32.1. The Balaban J connectivity index is 1.72. The molecule has 1 aromatic heterocycles. The van der Waals surface area contributed by atoms with Gasteiger partial charge < -0.3 is 10.1 Å². The lowest BCUT2D eigenvalue weighted by Crippen LogP contribution is -2.44. The molecule has 0 amide bonds. The first-order chi connectivity index (χ1) is 10.3. The molecule has 2 aliphatic rings. The maximum Gasteiger partial charge on any atom is 0.0686 e. The zero-order chi connectivity index (χ0) is 14.5. The zero-order valence-corrected chi connectivity index (χ0v) is 14.1. The molecule has 3 heteroatoms. The van der Waals surface area contributed by atoms with Crippen molar-refractivity contribution in [2.24, 2.45) is 5.92 Å². The molecule has 1 aliphatic heterocycles. The highest BCUT2D eigenvalue weighted by Crippen LogP contribution is 2.44. The fourth-order valence-corrected chi connectivity index (χ4v) is 4.90. The van der Waals surface area contributed by atoms with Gasteiger partial charge in [0.05, 0.1) is 5.60 Å². The molecule has 3 rings (SSSR count). The minimum Gasteiger partial charge on any atom is -0.375 e. The molecule has 118 valence electrons. The van der Waals surface area contributed by atoms with Crippen LogP contribution in [0.15, 0.2) is 16.8 Å². The van der Waals surface area contributed by atoms with Gasteiger partial charge in [-0.05, 0) is 67.0 Å². The second-order valence-corrected chi connectivity index (χ2v) is 7.61. The van der Waals surface area contributed by atoms with Crippen molar-refractivity contribution in [3.8, 4) is 0 Å². The number of ether oxygens (including phenoxy) is 1. The smallest absolute Gasteiger partial charge is 0.0686 e. The van der Waals surface area contributed by atoms with Crippen molar-refractivity contribution in [2.45, 2.75) is 69.9 Å². The van der Waals surface area contributed by atoms with Gasteiger partial charge in [0, 0.05) is 12.6 Å². The summed E-state index contributed by atoms with van der Waals surface area (Å²) >= 11 is 1.82. The number of rotatable bonds is 5. The van der Waals surface area contributed by atoms with Crippen molar-refractivity contribution < 1.29 is 4.74 Å². The summed E-state index contributed by atoms with van der Waals surface area (Å²) in [6.45, 7) is 4.33. The molecule has 1 aromatic rings. The maximum atomic E-state index is 6.28. The molecule has 2 heterocycles. The average molecular weight is 308 g/mol. The predicted molar refractivity (Wildman–Crippen MR) is 89.8 cm³/mol. The summed E-state index contributed by atoms with van der Waals surface area (Å²) in [7, 11) is 0. The molecule has 2 nitrogen and oxygen atoms in total. The van der Waals surface area contributed by atoms with Crippen molar-refractivity contribution in [3.05, 3.63) is 22.4 Å². The van der Waals surface area contributed by atoms with Crippen molar-refractivity contribution >= 4 is 11.3 Å². The predicted octanol–water partition coefficient (Wildman–Crippen LogP) is 4.92. The van der Waals surface area contributed by atoms with E-state index in [4.69, 9.17) is 4.74 Å². The van der Waals surface area contributed by atoms with Crippen LogP contribution in [0, 0.1) is 5.92 Å². The topological polar surface area (TPSA) is 21.3 Å². The van der Waals surface area contributed by atoms with Crippen molar-refractivity contribution in [1.82, 2.24) is 5.32 Å². The lowest BCUT2D eigenvalue weighted by atomic mass is 9.73. The molecular formula is C18H29NOS. The van der Waals surface area contributed by atoms with Gasteiger partial charge in [-0.15, -0.1) is 0 Å². The molecule has 1 N–H and O–H groups in total. The Hall–Kier alpha value is -0.380. The van der Waals surface area contributed by atoms with E-state index in [-0.39, 0.29) is 5.60 Å². The third kappa shape index (κ3) is 3.69. The Morgan fingerprint density at radius 2 is 2.24 bits per heavy atom. The Kier molecular flexibility index (Phi) is 5.36. The average Bonchev–Trinajstić information content (AvgIpc) is 3.03. The molecular weight excluding hydrogens is 278 g/mol. The molecule has 0 bridgehead atoms. The lowest BCUT2D eigenvalue weighted by Gasteiger charge is -2.45. The Bertz CT molecular complexity index is 405. The first kappa shape index (κ1) is 15.5. The van der Waals surface area contributed by atoms with Crippen LogP contribution >= 0.6 is 11.3 Å². The Morgan fingerprint density at radius 1 is 1.38 bits per heavy atom. The van der Waals surface area contributed by atoms with Crippen molar-refractivity contribution in [3.63, 3.8) is 0 Å². The van der Waals surface area contributed by atoms with Gasteiger partial charge in [-0.2, -0.15) is 11.3 Å². The summed E-state index contributed by atoms with van der Waals surface area (Å²) in [5.41, 5.74) is 1.70. The van der Waals surface area contributed by atoms with E-state index in [1.54, 1.807) is 0 Å². The lowest BCUT2D eigenvalue weighted by molar-refractivity contribution is -0.122. The quantitative estimate of drug-likeness (QED) is 0.834. The normalized spacial score (nSPS) is 26.8. The summed E-state index contributed by atoms with van der Waals surface area (Å²) in [6.07, 6.45) is 10.4. The molecule has 2 fully saturated rings. The van der Waals surface area contributed by atoms with Crippen LogP contribution in [0.4, 0.5) is 0 Å². The van der Waals surface area contributed by atoms with E-state index < -0.39 is 0 Å². The number of hydrogen-bond acceptors (Lipinski definition) is 3. The highest BCUT2D eigenvalue weighted by molar-refractivity contribution is 7.07. The zero-order valence-electron chi connectivity index (χ0n) is 13.3. The minimum atomic E-state index is 0.212. The number of thiophene rings is 1. The first-order valence-electron chi connectivity index (χ1n) is 8.72. The van der Waals surface area contributed by atoms with Crippen molar-refractivity contribution in [2.75, 3.05) is 13.2 Å². The van der Waals surface area contributed by atoms with Gasteiger partial charge in [0.2, 0.25) is 0 Å². The van der Waals surface area contributed by atoms with Gasteiger partial charge in [-0.1, -0.05) is 26.2 Å². The van der Waals surface area contributed by atoms with Crippen LogP contribution in [-0.4, -0.2) is 18.8 Å². The molecule has 1 saturated heterocycles. The number of nitrogens with one attached hydrogen (secondary N) is 1. The summed E-state index contributed by atoms with van der Waals surface area (Å²) < 4.78 is 6.28. The number of hydrogen-bond donors (Lipinski definition) is 1.